The first kappa shape index (κ1) is 15.7. The van der Waals surface area contributed by atoms with Gasteiger partial charge in [-0.05, 0) is 32.4 Å². The molecule has 0 fully saturated rings. The smallest absolute Gasteiger partial charge is 0.122 e. The third-order valence-corrected chi connectivity index (χ3v) is 4.46. The van der Waals surface area contributed by atoms with Crippen LogP contribution in [0, 0.1) is 0 Å². The summed E-state index contributed by atoms with van der Waals surface area (Å²) in [7, 11) is 4.16. The van der Waals surface area contributed by atoms with Crippen LogP contribution in [0.5, 0.6) is 0 Å². The van der Waals surface area contributed by atoms with Gasteiger partial charge in [-0.25, -0.2) is 4.98 Å². The van der Waals surface area contributed by atoms with E-state index in [1.807, 2.05) is 19.4 Å². The largest absolute Gasteiger partial charge is 0.337 e. The molecule has 0 bridgehead atoms. The maximum absolute atomic E-state index is 6.07. The van der Waals surface area contributed by atoms with E-state index in [1.54, 1.807) is 0 Å². The van der Waals surface area contributed by atoms with Crippen LogP contribution >= 0.6 is 0 Å². The van der Waals surface area contributed by atoms with Gasteiger partial charge in [-0.1, -0.05) is 30.3 Å². The van der Waals surface area contributed by atoms with Crippen molar-refractivity contribution in [3.8, 4) is 0 Å². The van der Waals surface area contributed by atoms with Gasteiger partial charge in [0.2, 0.25) is 0 Å². The lowest BCUT2D eigenvalue weighted by molar-refractivity contribution is 0.122. The highest BCUT2D eigenvalue weighted by Crippen LogP contribution is 2.21. The molecule has 0 spiro atoms. The van der Waals surface area contributed by atoms with Gasteiger partial charge in [0.25, 0.3) is 0 Å². The SMILES string of the molecule is CN(Cc1nccn1C)C(C)(CN)CCc1ccccc1. The summed E-state index contributed by atoms with van der Waals surface area (Å²) in [5, 5.41) is 0. The van der Waals surface area contributed by atoms with Crippen LogP contribution in [0.4, 0.5) is 0 Å². The van der Waals surface area contributed by atoms with E-state index >= 15 is 0 Å². The van der Waals surface area contributed by atoms with Crippen molar-refractivity contribution in [2.75, 3.05) is 13.6 Å². The van der Waals surface area contributed by atoms with Crippen molar-refractivity contribution in [1.82, 2.24) is 14.5 Å². The van der Waals surface area contributed by atoms with Gasteiger partial charge in [0, 0.05) is 31.5 Å². The van der Waals surface area contributed by atoms with Crippen LogP contribution < -0.4 is 5.73 Å². The Balaban J connectivity index is 2.00. The summed E-state index contributed by atoms with van der Waals surface area (Å²) in [4.78, 5) is 6.72. The Kier molecular flexibility index (Phi) is 5.15. The highest BCUT2D eigenvalue weighted by Gasteiger charge is 2.28. The number of likely N-dealkylation sites (N-methyl/N-ethyl adjacent to an activating group) is 1. The Morgan fingerprint density at radius 3 is 2.57 bits per heavy atom. The third kappa shape index (κ3) is 3.93. The molecule has 21 heavy (non-hydrogen) atoms. The van der Waals surface area contributed by atoms with Gasteiger partial charge >= 0.3 is 0 Å². The number of rotatable bonds is 7. The van der Waals surface area contributed by atoms with E-state index in [0.29, 0.717) is 6.54 Å². The van der Waals surface area contributed by atoms with Gasteiger partial charge in [0.1, 0.15) is 5.82 Å². The van der Waals surface area contributed by atoms with Crippen molar-refractivity contribution < 1.29 is 0 Å². The second-order valence-corrected chi connectivity index (χ2v) is 6.00. The number of nitrogens with two attached hydrogens (primary N) is 1. The number of aryl methyl sites for hydroxylation is 2. The summed E-state index contributed by atoms with van der Waals surface area (Å²) in [5.41, 5.74) is 7.41. The Labute approximate surface area is 127 Å². The van der Waals surface area contributed by atoms with Gasteiger partial charge in [0.15, 0.2) is 0 Å². The molecule has 1 aromatic carbocycles. The van der Waals surface area contributed by atoms with Crippen LogP contribution in [0.2, 0.25) is 0 Å². The highest BCUT2D eigenvalue weighted by molar-refractivity contribution is 5.15. The number of hydrogen-bond donors (Lipinski definition) is 1. The molecule has 0 amide bonds. The van der Waals surface area contributed by atoms with Gasteiger partial charge in [0.05, 0.1) is 6.54 Å². The number of aromatic nitrogens is 2. The average Bonchev–Trinajstić information content (AvgIpc) is 2.91. The van der Waals surface area contributed by atoms with Crippen molar-refractivity contribution in [3.05, 3.63) is 54.1 Å². The third-order valence-electron chi connectivity index (χ3n) is 4.46. The summed E-state index contributed by atoms with van der Waals surface area (Å²) in [5.74, 6) is 1.07. The molecule has 0 aliphatic rings. The molecule has 2 N–H and O–H groups in total. The maximum atomic E-state index is 6.07. The topological polar surface area (TPSA) is 47.1 Å². The summed E-state index contributed by atoms with van der Waals surface area (Å²) < 4.78 is 2.06. The van der Waals surface area contributed by atoms with Crippen LogP contribution in [0.3, 0.4) is 0 Å². The quantitative estimate of drug-likeness (QED) is 0.849. The second kappa shape index (κ2) is 6.87. The fourth-order valence-corrected chi connectivity index (χ4v) is 2.46. The van der Waals surface area contributed by atoms with E-state index in [1.165, 1.54) is 5.56 Å². The minimum atomic E-state index is -0.0260. The monoisotopic (exact) mass is 286 g/mol. The molecule has 0 saturated carbocycles. The van der Waals surface area contributed by atoms with Crippen molar-refractivity contribution in [1.29, 1.82) is 0 Å². The Bertz CT molecular complexity index is 549. The fraction of sp³-hybridized carbons (Fsp3) is 0.471. The molecule has 0 aliphatic heterocycles. The zero-order chi connectivity index (χ0) is 15.3. The van der Waals surface area contributed by atoms with Crippen LogP contribution in [0.1, 0.15) is 24.7 Å². The first-order valence-corrected chi connectivity index (χ1v) is 7.46. The highest BCUT2D eigenvalue weighted by atomic mass is 15.2. The molecule has 1 aromatic heterocycles. The molecular weight excluding hydrogens is 260 g/mol. The Morgan fingerprint density at radius 2 is 2.00 bits per heavy atom. The van der Waals surface area contributed by atoms with Crippen molar-refractivity contribution in [3.63, 3.8) is 0 Å². The van der Waals surface area contributed by atoms with E-state index in [4.69, 9.17) is 5.73 Å². The molecule has 0 saturated heterocycles. The molecule has 1 atom stereocenters. The van der Waals surface area contributed by atoms with Crippen LogP contribution in [0.15, 0.2) is 42.7 Å². The maximum Gasteiger partial charge on any atom is 0.122 e. The lowest BCUT2D eigenvalue weighted by Gasteiger charge is -2.38. The van der Waals surface area contributed by atoms with Crippen LogP contribution in [-0.4, -0.2) is 33.6 Å². The molecular formula is C17H26N4. The van der Waals surface area contributed by atoms with Gasteiger partial charge in [-0.15, -0.1) is 0 Å². The Morgan fingerprint density at radius 1 is 1.29 bits per heavy atom. The standard InChI is InChI=1S/C17H26N4/c1-17(14-18,10-9-15-7-5-4-6-8-15)21(3)13-16-19-11-12-20(16)2/h4-8,11-12H,9-10,13-14,18H2,1-3H3. The minimum Gasteiger partial charge on any atom is -0.337 e. The number of hydrogen-bond acceptors (Lipinski definition) is 3. The van der Waals surface area contributed by atoms with E-state index in [0.717, 1.165) is 25.2 Å². The molecule has 114 valence electrons. The molecule has 1 heterocycles. The van der Waals surface area contributed by atoms with E-state index < -0.39 is 0 Å². The molecule has 2 rings (SSSR count). The molecule has 4 heteroatoms. The summed E-state index contributed by atoms with van der Waals surface area (Å²) in [6, 6.07) is 10.6. The summed E-state index contributed by atoms with van der Waals surface area (Å²) in [6.07, 6.45) is 5.90. The number of nitrogens with zero attached hydrogens (tertiary/aromatic N) is 3. The molecule has 0 radical (unpaired) electrons. The lowest BCUT2D eigenvalue weighted by atomic mass is 9.91. The zero-order valence-electron chi connectivity index (χ0n) is 13.3. The minimum absolute atomic E-state index is 0.0260. The predicted octanol–water partition coefficient (Wildman–Crippen LogP) is 2.20. The summed E-state index contributed by atoms with van der Waals surface area (Å²) in [6.45, 7) is 3.69. The second-order valence-electron chi connectivity index (χ2n) is 6.00. The lowest BCUT2D eigenvalue weighted by Crippen LogP contribution is -2.49. The summed E-state index contributed by atoms with van der Waals surface area (Å²) >= 11 is 0. The van der Waals surface area contributed by atoms with E-state index in [9.17, 15) is 0 Å². The van der Waals surface area contributed by atoms with E-state index in [-0.39, 0.29) is 5.54 Å². The predicted molar refractivity (Wildman–Crippen MR) is 86.9 cm³/mol. The van der Waals surface area contributed by atoms with Crippen LogP contribution in [-0.2, 0) is 20.0 Å². The Hall–Kier alpha value is -1.65. The first-order valence-electron chi connectivity index (χ1n) is 7.46. The van der Waals surface area contributed by atoms with Crippen molar-refractivity contribution >= 4 is 0 Å². The van der Waals surface area contributed by atoms with E-state index in [2.05, 4.69) is 58.8 Å². The zero-order valence-corrected chi connectivity index (χ0v) is 13.3. The van der Waals surface area contributed by atoms with Gasteiger partial charge < -0.3 is 10.3 Å². The normalized spacial score (nSPS) is 14.3. The van der Waals surface area contributed by atoms with Crippen LogP contribution in [0.25, 0.3) is 0 Å². The molecule has 4 nitrogen and oxygen atoms in total. The van der Waals surface area contributed by atoms with Crippen molar-refractivity contribution in [2.24, 2.45) is 12.8 Å². The number of imidazole rings is 1. The molecule has 0 aliphatic carbocycles. The van der Waals surface area contributed by atoms with Crippen molar-refractivity contribution in [2.45, 2.75) is 31.8 Å². The first-order chi connectivity index (χ1) is 10.0. The van der Waals surface area contributed by atoms with Gasteiger partial charge in [-0.3, -0.25) is 4.90 Å². The molecule has 1 unspecified atom stereocenters. The fourth-order valence-electron chi connectivity index (χ4n) is 2.46. The number of benzene rings is 1. The van der Waals surface area contributed by atoms with Gasteiger partial charge in [-0.2, -0.15) is 0 Å². The average molecular weight is 286 g/mol. The molecule has 2 aromatic rings.